The molecule has 0 bridgehead atoms. The number of rotatable bonds is 4. The SMILES string of the molecule is C=CCOc1c(Br)cc(C=C2C(=O)N(C)C(=S)N(C)C2=O)cc1Br. The standard InChI is InChI=1S/C16H14Br2N2O3S/c1-4-5-23-13-11(17)7-9(8-12(13)18)6-10-14(21)19(2)16(24)20(3)15(10)22/h4,6-8H,1,5H2,2-3H3. The number of benzene rings is 1. The Kier molecular flexibility index (Phi) is 5.95. The van der Waals surface area contributed by atoms with Gasteiger partial charge in [-0.2, -0.15) is 0 Å². The summed E-state index contributed by atoms with van der Waals surface area (Å²) >= 11 is 11.9. The molecular formula is C16H14Br2N2O3S. The van der Waals surface area contributed by atoms with Crippen LogP contribution in [0, 0.1) is 0 Å². The molecule has 0 aromatic heterocycles. The molecule has 1 aromatic carbocycles. The molecule has 1 aromatic rings. The first kappa shape index (κ1) is 18.8. The first-order chi connectivity index (χ1) is 11.3. The molecular weight excluding hydrogens is 460 g/mol. The maximum absolute atomic E-state index is 12.3. The zero-order valence-electron chi connectivity index (χ0n) is 13.0. The number of hydrogen-bond acceptors (Lipinski definition) is 4. The molecule has 8 heteroatoms. The van der Waals surface area contributed by atoms with E-state index < -0.39 is 11.8 Å². The molecule has 0 N–H and O–H groups in total. The van der Waals surface area contributed by atoms with Gasteiger partial charge in [-0.25, -0.2) is 0 Å². The van der Waals surface area contributed by atoms with Crippen LogP contribution >= 0.6 is 44.1 Å². The summed E-state index contributed by atoms with van der Waals surface area (Å²) in [5, 5.41) is 0.178. The number of thiocarbonyl (C=S) groups is 1. The molecule has 24 heavy (non-hydrogen) atoms. The van der Waals surface area contributed by atoms with Crippen molar-refractivity contribution in [3.8, 4) is 5.75 Å². The van der Waals surface area contributed by atoms with E-state index in [-0.39, 0.29) is 10.7 Å². The largest absolute Gasteiger partial charge is 0.487 e. The van der Waals surface area contributed by atoms with Gasteiger partial charge in [0.15, 0.2) is 5.11 Å². The Morgan fingerprint density at radius 1 is 1.17 bits per heavy atom. The Morgan fingerprint density at radius 2 is 1.67 bits per heavy atom. The van der Waals surface area contributed by atoms with E-state index >= 15 is 0 Å². The molecule has 1 heterocycles. The Labute approximate surface area is 162 Å². The van der Waals surface area contributed by atoms with Gasteiger partial charge in [0, 0.05) is 14.1 Å². The first-order valence-electron chi connectivity index (χ1n) is 6.82. The van der Waals surface area contributed by atoms with Crippen molar-refractivity contribution in [2.75, 3.05) is 20.7 Å². The van der Waals surface area contributed by atoms with Crippen LogP contribution in [0.4, 0.5) is 0 Å². The third-order valence-corrected chi connectivity index (χ3v) is 5.05. The number of ether oxygens (including phenoxy) is 1. The van der Waals surface area contributed by atoms with E-state index in [1.165, 1.54) is 15.9 Å². The summed E-state index contributed by atoms with van der Waals surface area (Å²) in [5.74, 6) is -0.238. The molecule has 0 spiro atoms. The van der Waals surface area contributed by atoms with Crippen molar-refractivity contribution in [3.05, 3.63) is 44.9 Å². The summed E-state index contributed by atoms with van der Waals surface area (Å²) in [6, 6.07) is 3.54. The van der Waals surface area contributed by atoms with Crippen LogP contribution in [0.3, 0.4) is 0 Å². The third-order valence-electron chi connectivity index (χ3n) is 3.32. The zero-order valence-corrected chi connectivity index (χ0v) is 17.0. The molecule has 0 aliphatic carbocycles. The topological polar surface area (TPSA) is 49.9 Å². The predicted molar refractivity (Wildman–Crippen MR) is 104 cm³/mol. The van der Waals surface area contributed by atoms with Gasteiger partial charge < -0.3 is 4.74 Å². The number of carbonyl (C=O) groups excluding carboxylic acids is 2. The fourth-order valence-electron chi connectivity index (χ4n) is 2.08. The Bertz CT molecular complexity index is 728. The molecule has 5 nitrogen and oxygen atoms in total. The maximum Gasteiger partial charge on any atom is 0.265 e. The summed E-state index contributed by atoms with van der Waals surface area (Å²) in [6.07, 6.45) is 3.18. The van der Waals surface area contributed by atoms with Crippen LogP contribution in [-0.4, -0.2) is 47.4 Å². The fourth-order valence-corrected chi connectivity index (χ4v) is 3.70. The summed E-state index contributed by atoms with van der Waals surface area (Å²) in [6.45, 7) is 3.97. The molecule has 126 valence electrons. The molecule has 2 rings (SSSR count). The lowest BCUT2D eigenvalue weighted by Gasteiger charge is -2.31. The van der Waals surface area contributed by atoms with E-state index in [1.54, 1.807) is 32.3 Å². The highest BCUT2D eigenvalue weighted by molar-refractivity contribution is 9.11. The number of carbonyl (C=O) groups is 2. The second-order valence-electron chi connectivity index (χ2n) is 4.98. The van der Waals surface area contributed by atoms with Crippen molar-refractivity contribution >= 4 is 67.1 Å². The number of nitrogens with zero attached hydrogens (tertiary/aromatic N) is 2. The Hall–Kier alpha value is -1.51. The Morgan fingerprint density at radius 3 is 2.12 bits per heavy atom. The van der Waals surface area contributed by atoms with Crippen LogP contribution in [0.15, 0.2) is 39.3 Å². The highest BCUT2D eigenvalue weighted by Crippen LogP contribution is 2.35. The molecule has 1 saturated heterocycles. The normalized spacial score (nSPS) is 15.0. The summed E-state index contributed by atoms with van der Waals surface area (Å²) in [7, 11) is 3.08. The van der Waals surface area contributed by atoms with E-state index in [1.807, 2.05) is 0 Å². The van der Waals surface area contributed by atoms with Crippen LogP contribution in [-0.2, 0) is 9.59 Å². The summed E-state index contributed by atoms with van der Waals surface area (Å²) in [5.41, 5.74) is 0.721. The highest BCUT2D eigenvalue weighted by atomic mass is 79.9. The van der Waals surface area contributed by atoms with E-state index in [9.17, 15) is 9.59 Å². The van der Waals surface area contributed by atoms with E-state index in [2.05, 4.69) is 38.4 Å². The monoisotopic (exact) mass is 472 g/mol. The first-order valence-corrected chi connectivity index (χ1v) is 8.81. The van der Waals surface area contributed by atoms with Crippen LogP contribution < -0.4 is 4.74 Å². The number of likely N-dealkylation sites (N-methyl/N-ethyl adjacent to an activating group) is 2. The molecule has 1 aliphatic rings. The average Bonchev–Trinajstić information content (AvgIpc) is 2.54. The molecule has 1 fully saturated rings. The number of halogens is 2. The summed E-state index contributed by atoms with van der Waals surface area (Å²) in [4.78, 5) is 27.2. The maximum atomic E-state index is 12.3. The molecule has 0 saturated carbocycles. The van der Waals surface area contributed by atoms with Crippen LogP contribution in [0.5, 0.6) is 5.75 Å². The van der Waals surface area contributed by atoms with Gasteiger partial charge in [0.1, 0.15) is 17.9 Å². The number of amides is 2. The van der Waals surface area contributed by atoms with Gasteiger partial charge in [0.05, 0.1) is 8.95 Å². The highest BCUT2D eigenvalue weighted by Gasteiger charge is 2.35. The second-order valence-corrected chi connectivity index (χ2v) is 7.06. The smallest absolute Gasteiger partial charge is 0.265 e. The van der Waals surface area contributed by atoms with Gasteiger partial charge in [-0.1, -0.05) is 12.7 Å². The minimum absolute atomic E-state index is 0.0483. The van der Waals surface area contributed by atoms with Crippen molar-refractivity contribution < 1.29 is 14.3 Å². The molecule has 0 radical (unpaired) electrons. The van der Waals surface area contributed by atoms with Crippen LogP contribution in [0.2, 0.25) is 0 Å². The second kappa shape index (κ2) is 7.58. The average molecular weight is 474 g/mol. The lowest BCUT2D eigenvalue weighted by molar-refractivity contribution is -0.132. The van der Waals surface area contributed by atoms with Crippen LogP contribution in [0.1, 0.15) is 5.56 Å². The van der Waals surface area contributed by atoms with Crippen molar-refractivity contribution in [1.29, 1.82) is 0 Å². The minimum Gasteiger partial charge on any atom is -0.487 e. The van der Waals surface area contributed by atoms with Gasteiger partial charge in [0.2, 0.25) is 0 Å². The fraction of sp³-hybridized carbons (Fsp3) is 0.188. The van der Waals surface area contributed by atoms with Crippen molar-refractivity contribution in [2.45, 2.75) is 0 Å². The Balaban J connectivity index is 2.43. The lowest BCUT2D eigenvalue weighted by atomic mass is 10.1. The van der Waals surface area contributed by atoms with Crippen molar-refractivity contribution in [1.82, 2.24) is 9.80 Å². The van der Waals surface area contributed by atoms with Gasteiger partial charge in [-0.05, 0) is 67.8 Å². The summed E-state index contributed by atoms with van der Waals surface area (Å²) < 4.78 is 6.94. The van der Waals surface area contributed by atoms with E-state index in [0.29, 0.717) is 26.9 Å². The quantitative estimate of drug-likeness (QED) is 0.291. The van der Waals surface area contributed by atoms with Crippen LogP contribution in [0.25, 0.3) is 6.08 Å². The van der Waals surface area contributed by atoms with Gasteiger partial charge in [0.25, 0.3) is 11.8 Å². The van der Waals surface area contributed by atoms with Gasteiger partial charge in [-0.3, -0.25) is 19.4 Å². The lowest BCUT2D eigenvalue weighted by Crippen LogP contribution is -2.52. The molecule has 2 amide bonds. The molecule has 1 aliphatic heterocycles. The minimum atomic E-state index is -0.428. The molecule has 0 unspecified atom stereocenters. The van der Waals surface area contributed by atoms with E-state index in [4.69, 9.17) is 17.0 Å². The van der Waals surface area contributed by atoms with Gasteiger partial charge in [-0.15, -0.1) is 0 Å². The van der Waals surface area contributed by atoms with E-state index in [0.717, 1.165) is 0 Å². The third kappa shape index (κ3) is 3.60. The zero-order chi connectivity index (χ0) is 18.0. The predicted octanol–water partition coefficient (Wildman–Crippen LogP) is 3.38. The number of hydrogen-bond donors (Lipinski definition) is 0. The van der Waals surface area contributed by atoms with Gasteiger partial charge >= 0.3 is 0 Å². The van der Waals surface area contributed by atoms with Crippen molar-refractivity contribution in [3.63, 3.8) is 0 Å². The van der Waals surface area contributed by atoms with Crippen molar-refractivity contribution in [2.24, 2.45) is 0 Å². The molecule has 0 atom stereocenters.